The van der Waals surface area contributed by atoms with E-state index in [0.717, 1.165) is 12.8 Å². The van der Waals surface area contributed by atoms with Crippen molar-refractivity contribution in [2.45, 2.75) is 167 Å². The summed E-state index contributed by atoms with van der Waals surface area (Å²) >= 11 is 0. The molecular weight excluding hydrogens is 482 g/mol. The van der Waals surface area contributed by atoms with Gasteiger partial charge in [-0.15, -0.1) is 0 Å². The molecule has 0 aliphatic carbocycles. The first-order valence-corrected chi connectivity index (χ1v) is 11.2. The fraction of sp³-hybridized carbons (Fsp3) is 0.615. The van der Waals surface area contributed by atoms with E-state index in [1.807, 2.05) is 0 Å². The number of nitriles is 1. The zero-order valence-corrected chi connectivity index (χ0v) is 19.5. The Morgan fingerprint density at radius 2 is 0.900 bits per heavy atom. The molecule has 2 aromatic carbocycles. The molecule has 2 atom stereocenters. The second kappa shape index (κ2) is 53.0. The zero-order valence-electron chi connectivity index (χ0n) is 19.5. The largest absolute Gasteiger partial charge is 0.198 e. The summed E-state index contributed by atoms with van der Waals surface area (Å²) in [6.07, 6.45) is 7.24. The van der Waals surface area contributed by atoms with Crippen LogP contribution in [0.15, 0.2) is 72.3 Å². The molecule has 2 unspecified atom stereocenters. The lowest BCUT2D eigenvalue weighted by atomic mass is 9.99. The van der Waals surface area contributed by atoms with Gasteiger partial charge in [-0.3, -0.25) is 0 Å². The van der Waals surface area contributed by atoms with E-state index in [9.17, 15) is 0 Å². The van der Waals surface area contributed by atoms with E-state index in [1.165, 1.54) is 29.5 Å². The van der Waals surface area contributed by atoms with Gasteiger partial charge < -0.3 is 0 Å². The standard InChI is InChI=1S/2C10H14.C8H13N.11CH4/c2*1-3-9(2)10-7-5-4-6-8-10;1-3-5-8(4-2)6-7-9;;;;;;;;;;;/h2*4-9H,3H2,1-2H3;5H,3-4,6H2,1-2H3;11*1H4/b;;8-5+;;;;;;;;;;;. The molecule has 0 saturated carbocycles. The number of nitrogens with zero attached hydrogens (tertiary/aromatic N) is 1. The van der Waals surface area contributed by atoms with Crippen LogP contribution in [-0.2, 0) is 0 Å². The monoisotopic (exact) mass is 568 g/mol. The SMILES string of the molecule is C.C.C.C.C.C.C.C.C.C.C.CC/C=C(\CC)CC#N.CCC(C)c1ccccc1.CCC(C)c1ccccc1. The first-order valence-electron chi connectivity index (χ1n) is 11.2. The van der Waals surface area contributed by atoms with Crippen LogP contribution in [-0.4, -0.2) is 0 Å². The molecule has 0 heterocycles. The molecule has 2 aromatic rings. The Kier molecular flexibility index (Phi) is 102. The minimum Gasteiger partial charge on any atom is -0.198 e. The quantitative estimate of drug-likeness (QED) is 0.305. The second-order valence-electron chi connectivity index (χ2n) is 7.40. The van der Waals surface area contributed by atoms with E-state index < -0.39 is 0 Å². The number of rotatable bonds is 7. The summed E-state index contributed by atoms with van der Waals surface area (Å²) in [7, 11) is 0. The number of hydrogen-bond acceptors (Lipinski definition) is 1. The Labute approximate surface area is 261 Å². The molecule has 0 fully saturated rings. The maximum atomic E-state index is 8.30. The maximum absolute atomic E-state index is 8.30. The average molecular weight is 568 g/mol. The van der Waals surface area contributed by atoms with E-state index in [-0.39, 0.29) is 81.7 Å². The van der Waals surface area contributed by atoms with Gasteiger partial charge in [0, 0.05) is 0 Å². The van der Waals surface area contributed by atoms with Gasteiger partial charge in [-0.1, -0.05) is 196 Å². The van der Waals surface area contributed by atoms with Crippen LogP contribution in [0.1, 0.15) is 178 Å². The highest BCUT2D eigenvalue weighted by atomic mass is 14.2. The number of benzene rings is 2. The van der Waals surface area contributed by atoms with Gasteiger partial charge in [-0.2, -0.15) is 5.26 Å². The average Bonchev–Trinajstić information content (AvgIpc) is 2.79. The van der Waals surface area contributed by atoms with Gasteiger partial charge in [0.15, 0.2) is 0 Å². The number of allylic oxidation sites excluding steroid dienone is 2. The van der Waals surface area contributed by atoms with Crippen molar-refractivity contribution in [3.63, 3.8) is 0 Å². The lowest BCUT2D eigenvalue weighted by Crippen LogP contribution is -1.88. The molecule has 0 aliphatic heterocycles. The van der Waals surface area contributed by atoms with Crippen LogP contribution in [0.5, 0.6) is 0 Å². The minimum absolute atomic E-state index is 0. The van der Waals surface area contributed by atoms with Crippen molar-refractivity contribution < 1.29 is 0 Å². The van der Waals surface area contributed by atoms with Gasteiger partial charge in [0.2, 0.25) is 0 Å². The van der Waals surface area contributed by atoms with Crippen molar-refractivity contribution in [2.24, 2.45) is 0 Å². The van der Waals surface area contributed by atoms with Crippen LogP contribution in [0.25, 0.3) is 0 Å². The molecule has 0 aromatic heterocycles. The van der Waals surface area contributed by atoms with Gasteiger partial charge >= 0.3 is 0 Å². The van der Waals surface area contributed by atoms with E-state index in [4.69, 9.17) is 5.26 Å². The van der Waals surface area contributed by atoms with Crippen molar-refractivity contribution in [3.05, 3.63) is 83.4 Å². The lowest BCUT2D eigenvalue weighted by Gasteiger charge is -2.06. The highest BCUT2D eigenvalue weighted by Crippen LogP contribution is 2.17. The Bertz CT molecular complexity index is 634. The van der Waals surface area contributed by atoms with Crippen LogP contribution >= 0.6 is 0 Å². The van der Waals surface area contributed by atoms with Gasteiger partial charge in [0.1, 0.15) is 0 Å². The molecular formula is C39H85N. The summed E-state index contributed by atoms with van der Waals surface area (Å²) in [6.45, 7) is 13.1. The summed E-state index contributed by atoms with van der Waals surface area (Å²) in [6, 6.07) is 23.4. The summed E-state index contributed by atoms with van der Waals surface area (Å²) in [5.74, 6) is 1.42. The molecule has 0 aliphatic rings. The van der Waals surface area contributed by atoms with Gasteiger partial charge in [0.05, 0.1) is 12.5 Å². The smallest absolute Gasteiger partial charge is 0.0666 e. The Hall–Kier alpha value is -2.33. The molecule has 0 spiro atoms. The third kappa shape index (κ3) is 37.8. The van der Waals surface area contributed by atoms with Gasteiger partial charge in [-0.05, 0) is 48.6 Å². The predicted octanol–water partition coefficient (Wildman–Crippen LogP) is 16.0. The molecule has 2 rings (SSSR count). The van der Waals surface area contributed by atoms with E-state index in [1.54, 1.807) is 0 Å². The van der Waals surface area contributed by atoms with Crippen LogP contribution in [0.2, 0.25) is 0 Å². The second-order valence-corrected chi connectivity index (χ2v) is 7.40. The predicted molar refractivity (Wildman–Crippen MR) is 203 cm³/mol. The Balaban J connectivity index is -0.0000000259. The summed E-state index contributed by atoms with van der Waals surface area (Å²) in [4.78, 5) is 0. The lowest BCUT2D eigenvalue weighted by molar-refractivity contribution is 0.733. The molecule has 0 radical (unpaired) electrons. The Morgan fingerprint density at radius 1 is 0.600 bits per heavy atom. The first-order chi connectivity index (χ1) is 14.0. The van der Waals surface area contributed by atoms with E-state index in [2.05, 4.69) is 114 Å². The van der Waals surface area contributed by atoms with Crippen molar-refractivity contribution in [3.8, 4) is 6.07 Å². The minimum atomic E-state index is 0. The van der Waals surface area contributed by atoms with E-state index in [0.29, 0.717) is 18.3 Å². The Morgan fingerprint density at radius 3 is 1.10 bits per heavy atom. The molecule has 0 bridgehead atoms. The van der Waals surface area contributed by atoms with Crippen molar-refractivity contribution in [1.29, 1.82) is 5.26 Å². The highest BCUT2D eigenvalue weighted by Gasteiger charge is 1.99. The fourth-order valence-corrected chi connectivity index (χ4v) is 2.77. The molecule has 0 saturated heterocycles. The van der Waals surface area contributed by atoms with Crippen LogP contribution in [0, 0.1) is 11.3 Å². The van der Waals surface area contributed by atoms with Crippen LogP contribution < -0.4 is 0 Å². The van der Waals surface area contributed by atoms with Crippen molar-refractivity contribution in [1.82, 2.24) is 0 Å². The first kappa shape index (κ1) is 76.9. The third-order valence-electron chi connectivity index (χ3n) is 5.22. The summed E-state index contributed by atoms with van der Waals surface area (Å²) in [5, 5.41) is 8.30. The molecule has 1 heteroatoms. The van der Waals surface area contributed by atoms with Crippen LogP contribution in [0.4, 0.5) is 0 Å². The summed E-state index contributed by atoms with van der Waals surface area (Å²) < 4.78 is 0. The zero-order chi connectivity index (χ0) is 21.9. The fourth-order valence-electron chi connectivity index (χ4n) is 2.77. The number of hydrogen-bond donors (Lipinski definition) is 0. The van der Waals surface area contributed by atoms with Crippen molar-refractivity contribution >= 4 is 0 Å². The molecule has 40 heavy (non-hydrogen) atoms. The van der Waals surface area contributed by atoms with Crippen LogP contribution in [0.3, 0.4) is 0 Å². The van der Waals surface area contributed by atoms with Gasteiger partial charge in [0.25, 0.3) is 0 Å². The maximum Gasteiger partial charge on any atom is 0.0666 e. The van der Waals surface area contributed by atoms with E-state index >= 15 is 0 Å². The molecule has 1 nitrogen and oxygen atoms in total. The molecule has 246 valence electrons. The topological polar surface area (TPSA) is 23.8 Å². The molecule has 0 amide bonds. The third-order valence-corrected chi connectivity index (χ3v) is 5.22. The highest BCUT2D eigenvalue weighted by molar-refractivity contribution is 5.19. The molecule has 0 N–H and O–H groups in total. The van der Waals surface area contributed by atoms with Gasteiger partial charge in [-0.25, -0.2) is 0 Å². The van der Waals surface area contributed by atoms with Crippen molar-refractivity contribution in [2.75, 3.05) is 0 Å². The normalized spacial score (nSPS) is 8.97. The summed E-state index contributed by atoms with van der Waals surface area (Å²) in [5.41, 5.74) is 4.16.